The third kappa shape index (κ3) is 3.95. The molecule has 2 aromatic carbocycles. The molecule has 8 nitrogen and oxygen atoms in total. The van der Waals surface area contributed by atoms with Crippen molar-refractivity contribution in [2.45, 2.75) is 19.0 Å². The zero-order valence-electron chi connectivity index (χ0n) is 18.0. The molecule has 1 aromatic heterocycles. The molecule has 0 spiro atoms. The van der Waals surface area contributed by atoms with Crippen LogP contribution in [0.1, 0.15) is 27.1 Å². The minimum Gasteiger partial charge on any atom is -0.493 e. The summed E-state index contributed by atoms with van der Waals surface area (Å²) in [4.78, 5) is 39.9. The molecule has 168 valence electrons. The van der Waals surface area contributed by atoms with Crippen LogP contribution in [0, 0.1) is 0 Å². The van der Waals surface area contributed by atoms with Crippen molar-refractivity contribution in [1.29, 1.82) is 0 Å². The van der Waals surface area contributed by atoms with E-state index in [4.69, 9.17) is 0 Å². The summed E-state index contributed by atoms with van der Waals surface area (Å²) in [5, 5.41) is 19.2. The number of benzene rings is 2. The Hall–Kier alpha value is -3.72. The molecular formula is C24H22N4O4S. The number of amides is 3. The highest BCUT2D eigenvalue weighted by molar-refractivity contribution is 7.98. The number of hydrogen-bond acceptors (Lipinski definition) is 6. The van der Waals surface area contributed by atoms with Crippen molar-refractivity contribution in [2.75, 3.05) is 12.0 Å². The van der Waals surface area contributed by atoms with Crippen LogP contribution in [0.15, 0.2) is 71.4 Å². The molecule has 1 atom stereocenters. The number of rotatable bonds is 8. The molecule has 3 aromatic rings. The van der Waals surface area contributed by atoms with Crippen LogP contribution in [0.5, 0.6) is 5.88 Å². The fourth-order valence-electron chi connectivity index (χ4n) is 3.93. The van der Waals surface area contributed by atoms with Gasteiger partial charge in [0.15, 0.2) is 5.69 Å². The summed E-state index contributed by atoms with van der Waals surface area (Å²) in [5.74, 6) is -1.36. The van der Waals surface area contributed by atoms with Crippen LogP contribution in [0.25, 0.3) is 10.9 Å². The molecule has 0 fully saturated rings. The summed E-state index contributed by atoms with van der Waals surface area (Å²) in [6, 6.07) is 12.6. The lowest BCUT2D eigenvalue weighted by atomic mass is 10.1. The highest BCUT2D eigenvalue weighted by Crippen LogP contribution is 2.39. The Bertz CT molecular complexity index is 1260. The van der Waals surface area contributed by atoms with E-state index in [1.165, 1.54) is 11.8 Å². The number of para-hydroxylation sites is 1. The number of azo groups is 1. The third-order valence-electron chi connectivity index (χ3n) is 5.50. The second-order valence-electron chi connectivity index (χ2n) is 7.45. The number of aromatic nitrogens is 1. The molecule has 1 unspecified atom stereocenters. The SMILES string of the molecule is C=CCn1c(O)c(N=NC(=O)C(CCSC)N2C(=O)c3ccccc3C2=O)c2ccccc21. The van der Waals surface area contributed by atoms with Crippen LogP contribution in [-0.2, 0) is 11.3 Å². The van der Waals surface area contributed by atoms with E-state index in [0.29, 0.717) is 17.7 Å². The lowest BCUT2D eigenvalue weighted by molar-refractivity contribution is -0.122. The number of hydrogen-bond donors (Lipinski definition) is 1. The summed E-state index contributed by atoms with van der Waals surface area (Å²) >= 11 is 1.49. The number of allylic oxidation sites excluding steroid dienone is 1. The fourth-order valence-corrected chi connectivity index (χ4v) is 4.39. The number of carbonyl (C=O) groups excluding carboxylic acids is 3. The molecule has 1 N–H and O–H groups in total. The van der Waals surface area contributed by atoms with E-state index in [-0.39, 0.29) is 29.1 Å². The van der Waals surface area contributed by atoms with E-state index in [1.807, 2.05) is 18.4 Å². The van der Waals surface area contributed by atoms with E-state index >= 15 is 0 Å². The first kappa shape index (κ1) is 22.5. The molecule has 1 aliphatic heterocycles. The van der Waals surface area contributed by atoms with E-state index in [0.717, 1.165) is 10.4 Å². The van der Waals surface area contributed by atoms with Gasteiger partial charge in [-0.05, 0) is 36.6 Å². The summed E-state index contributed by atoms with van der Waals surface area (Å²) in [6.07, 6.45) is 3.76. The van der Waals surface area contributed by atoms with Crippen LogP contribution in [0.3, 0.4) is 0 Å². The van der Waals surface area contributed by atoms with Crippen LogP contribution in [-0.4, -0.2) is 50.3 Å². The zero-order chi connectivity index (χ0) is 23.5. The normalized spacial score (nSPS) is 14.3. The van der Waals surface area contributed by atoms with Crippen molar-refractivity contribution in [1.82, 2.24) is 9.47 Å². The summed E-state index contributed by atoms with van der Waals surface area (Å²) in [6.45, 7) is 4.05. The predicted molar refractivity (Wildman–Crippen MR) is 127 cm³/mol. The molecule has 33 heavy (non-hydrogen) atoms. The van der Waals surface area contributed by atoms with Gasteiger partial charge in [0.25, 0.3) is 17.7 Å². The van der Waals surface area contributed by atoms with Gasteiger partial charge >= 0.3 is 0 Å². The third-order valence-corrected chi connectivity index (χ3v) is 6.14. The number of imide groups is 1. The molecule has 2 heterocycles. The summed E-state index contributed by atoms with van der Waals surface area (Å²) < 4.78 is 1.61. The summed E-state index contributed by atoms with van der Waals surface area (Å²) in [5.41, 5.74) is 1.40. The van der Waals surface area contributed by atoms with Gasteiger partial charge in [0.1, 0.15) is 6.04 Å². The van der Waals surface area contributed by atoms with Gasteiger partial charge in [-0.15, -0.1) is 16.8 Å². The van der Waals surface area contributed by atoms with Gasteiger partial charge in [-0.3, -0.25) is 19.3 Å². The van der Waals surface area contributed by atoms with Crippen molar-refractivity contribution >= 4 is 46.1 Å². The van der Waals surface area contributed by atoms with E-state index in [1.54, 1.807) is 47.0 Å². The second-order valence-corrected chi connectivity index (χ2v) is 8.44. The van der Waals surface area contributed by atoms with Crippen LogP contribution < -0.4 is 0 Å². The smallest absolute Gasteiger partial charge is 0.287 e. The Labute approximate surface area is 194 Å². The largest absolute Gasteiger partial charge is 0.493 e. The first-order chi connectivity index (χ1) is 16.0. The molecule has 1 aliphatic rings. The molecule has 4 rings (SSSR count). The van der Waals surface area contributed by atoms with Crippen LogP contribution >= 0.6 is 11.8 Å². The Morgan fingerprint density at radius 3 is 2.39 bits per heavy atom. The predicted octanol–water partition coefficient (Wildman–Crippen LogP) is 4.56. The molecule has 0 saturated carbocycles. The Morgan fingerprint density at radius 1 is 1.12 bits per heavy atom. The summed E-state index contributed by atoms with van der Waals surface area (Å²) in [7, 11) is 0. The van der Waals surface area contributed by atoms with Gasteiger partial charge < -0.3 is 9.67 Å². The Balaban J connectivity index is 1.69. The first-order valence-electron chi connectivity index (χ1n) is 10.3. The van der Waals surface area contributed by atoms with Crippen LogP contribution in [0.2, 0.25) is 0 Å². The van der Waals surface area contributed by atoms with Gasteiger partial charge in [-0.25, -0.2) is 0 Å². The lowest BCUT2D eigenvalue weighted by Gasteiger charge is -2.22. The van der Waals surface area contributed by atoms with Crippen molar-refractivity contribution in [3.63, 3.8) is 0 Å². The maximum absolute atomic E-state index is 13.1. The number of carbonyl (C=O) groups is 3. The van der Waals surface area contributed by atoms with Gasteiger partial charge in [0.05, 0.1) is 16.6 Å². The maximum Gasteiger partial charge on any atom is 0.287 e. The average molecular weight is 463 g/mol. The highest BCUT2D eigenvalue weighted by Gasteiger charge is 2.42. The quantitative estimate of drug-likeness (QED) is 0.300. The molecule has 0 bridgehead atoms. The molecule has 0 radical (unpaired) electrons. The first-order valence-corrected chi connectivity index (χ1v) is 11.7. The van der Waals surface area contributed by atoms with Crippen molar-refractivity contribution < 1.29 is 19.5 Å². The van der Waals surface area contributed by atoms with Crippen molar-refractivity contribution in [2.24, 2.45) is 10.2 Å². The van der Waals surface area contributed by atoms with E-state index in [2.05, 4.69) is 16.8 Å². The maximum atomic E-state index is 13.1. The van der Waals surface area contributed by atoms with Crippen molar-refractivity contribution in [3.05, 3.63) is 72.3 Å². The monoisotopic (exact) mass is 462 g/mol. The fraction of sp³-hybridized carbons (Fsp3) is 0.208. The number of fused-ring (bicyclic) bond motifs is 2. The number of nitrogens with zero attached hydrogens (tertiary/aromatic N) is 4. The zero-order valence-corrected chi connectivity index (χ0v) is 18.8. The van der Waals surface area contributed by atoms with E-state index < -0.39 is 23.8 Å². The lowest BCUT2D eigenvalue weighted by Crippen LogP contribution is -2.44. The van der Waals surface area contributed by atoms with Gasteiger partial charge in [0, 0.05) is 11.9 Å². The average Bonchev–Trinajstić information content (AvgIpc) is 3.24. The molecule has 0 aliphatic carbocycles. The standard InChI is InChI=1S/C24H22N4O4S/c1-3-13-27-18-11-7-6-10-17(18)20(24(27)32)25-26-21(29)19(12-14-33-2)28-22(30)15-8-4-5-9-16(15)23(28)31/h3-11,19,32H,1,12-14H2,2H3. The molecule has 9 heteroatoms. The Kier molecular flexibility index (Phi) is 6.41. The van der Waals surface area contributed by atoms with E-state index in [9.17, 15) is 19.5 Å². The molecule has 3 amide bonds. The van der Waals surface area contributed by atoms with Gasteiger partial charge in [-0.1, -0.05) is 36.4 Å². The molecule has 0 saturated heterocycles. The van der Waals surface area contributed by atoms with Gasteiger partial charge in [0.2, 0.25) is 5.88 Å². The van der Waals surface area contributed by atoms with Gasteiger partial charge in [-0.2, -0.15) is 11.8 Å². The topological polar surface area (TPSA) is 104 Å². The Morgan fingerprint density at radius 2 is 1.76 bits per heavy atom. The molecular weight excluding hydrogens is 440 g/mol. The number of thioether (sulfide) groups is 1. The highest BCUT2D eigenvalue weighted by atomic mass is 32.2. The van der Waals surface area contributed by atoms with Crippen molar-refractivity contribution in [3.8, 4) is 5.88 Å². The van der Waals surface area contributed by atoms with Crippen LogP contribution in [0.4, 0.5) is 5.69 Å². The number of aromatic hydroxyl groups is 1. The second kappa shape index (κ2) is 9.41. The minimum absolute atomic E-state index is 0.144. The minimum atomic E-state index is -1.09.